The molecule has 1 heterocycles. The van der Waals surface area contributed by atoms with Crippen molar-refractivity contribution in [1.29, 1.82) is 0 Å². The van der Waals surface area contributed by atoms with Gasteiger partial charge in [-0.1, -0.05) is 12.1 Å². The number of rotatable bonds is 6. The molecule has 1 aromatic carbocycles. The highest BCUT2D eigenvalue weighted by molar-refractivity contribution is 7.99. The van der Waals surface area contributed by atoms with Crippen LogP contribution in [0.15, 0.2) is 29.2 Å². The topological polar surface area (TPSA) is 44.4 Å². The van der Waals surface area contributed by atoms with E-state index in [0.29, 0.717) is 0 Å². The Bertz CT molecular complexity index is 394. The fraction of sp³-hybridized carbons (Fsp3) is 0.462. The van der Waals surface area contributed by atoms with Crippen LogP contribution in [0.25, 0.3) is 0 Å². The molecule has 1 fully saturated rings. The smallest absolute Gasteiger partial charge is 0.317 e. The molecule has 0 spiro atoms. The standard InChI is InChI=1S/C13H19N3OS/c1-14-10-11-2-4-12(5-3-11)18-9-8-16-7-6-15-13(16)17/h2-5,14H,6-10H2,1H3,(H,15,17). The monoisotopic (exact) mass is 265 g/mol. The van der Waals surface area contributed by atoms with E-state index < -0.39 is 0 Å². The summed E-state index contributed by atoms with van der Waals surface area (Å²) >= 11 is 1.79. The van der Waals surface area contributed by atoms with Crippen molar-refractivity contribution in [2.75, 3.05) is 32.4 Å². The van der Waals surface area contributed by atoms with Crippen molar-refractivity contribution in [3.63, 3.8) is 0 Å². The van der Waals surface area contributed by atoms with Crippen molar-refractivity contribution in [3.8, 4) is 0 Å². The number of benzene rings is 1. The number of amides is 2. The molecule has 0 saturated carbocycles. The van der Waals surface area contributed by atoms with Crippen molar-refractivity contribution in [2.24, 2.45) is 0 Å². The van der Waals surface area contributed by atoms with Gasteiger partial charge < -0.3 is 15.5 Å². The number of carbonyl (C=O) groups excluding carboxylic acids is 1. The summed E-state index contributed by atoms with van der Waals surface area (Å²) < 4.78 is 0. The third-order valence-corrected chi connectivity index (χ3v) is 3.87. The maximum absolute atomic E-state index is 11.3. The molecule has 5 heteroatoms. The summed E-state index contributed by atoms with van der Waals surface area (Å²) in [6.07, 6.45) is 0. The van der Waals surface area contributed by atoms with Crippen molar-refractivity contribution in [3.05, 3.63) is 29.8 Å². The number of hydrogen-bond donors (Lipinski definition) is 2. The summed E-state index contributed by atoms with van der Waals surface area (Å²) in [5.74, 6) is 0.943. The zero-order valence-corrected chi connectivity index (χ0v) is 11.4. The van der Waals surface area contributed by atoms with E-state index in [-0.39, 0.29) is 6.03 Å². The van der Waals surface area contributed by atoms with Crippen LogP contribution in [0.4, 0.5) is 4.79 Å². The first kappa shape index (κ1) is 13.2. The first-order valence-corrected chi connectivity index (χ1v) is 7.17. The van der Waals surface area contributed by atoms with Gasteiger partial charge in [-0.15, -0.1) is 11.8 Å². The minimum absolute atomic E-state index is 0.0694. The van der Waals surface area contributed by atoms with E-state index in [4.69, 9.17) is 0 Å². The normalized spacial score (nSPS) is 14.9. The molecule has 2 rings (SSSR count). The van der Waals surface area contributed by atoms with Crippen LogP contribution in [-0.4, -0.2) is 43.4 Å². The van der Waals surface area contributed by atoms with Gasteiger partial charge in [0.05, 0.1) is 0 Å². The summed E-state index contributed by atoms with van der Waals surface area (Å²) in [7, 11) is 1.95. The Labute approximate surface area is 112 Å². The Morgan fingerprint density at radius 3 is 2.78 bits per heavy atom. The molecule has 4 nitrogen and oxygen atoms in total. The van der Waals surface area contributed by atoms with Gasteiger partial charge in [0.15, 0.2) is 0 Å². The van der Waals surface area contributed by atoms with E-state index in [2.05, 4.69) is 34.9 Å². The van der Waals surface area contributed by atoms with Crippen molar-refractivity contribution < 1.29 is 4.79 Å². The van der Waals surface area contributed by atoms with Crippen molar-refractivity contribution in [2.45, 2.75) is 11.4 Å². The predicted octanol–water partition coefficient (Wildman–Crippen LogP) is 1.52. The van der Waals surface area contributed by atoms with Gasteiger partial charge in [0.25, 0.3) is 0 Å². The summed E-state index contributed by atoms with van der Waals surface area (Å²) in [5, 5.41) is 5.94. The van der Waals surface area contributed by atoms with Gasteiger partial charge in [-0.3, -0.25) is 0 Å². The summed E-state index contributed by atoms with van der Waals surface area (Å²) in [6, 6.07) is 8.63. The van der Waals surface area contributed by atoms with Gasteiger partial charge in [-0.2, -0.15) is 0 Å². The van der Waals surface area contributed by atoms with E-state index in [9.17, 15) is 4.79 Å². The molecule has 0 aliphatic carbocycles. The second-order valence-corrected chi connectivity index (χ2v) is 5.41. The molecule has 1 aliphatic rings. The highest BCUT2D eigenvalue weighted by atomic mass is 32.2. The Kier molecular flexibility index (Phi) is 4.90. The highest BCUT2D eigenvalue weighted by Crippen LogP contribution is 2.18. The average molecular weight is 265 g/mol. The first-order valence-electron chi connectivity index (χ1n) is 6.19. The molecule has 1 aliphatic heterocycles. The van der Waals surface area contributed by atoms with Crippen LogP contribution in [0.2, 0.25) is 0 Å². The van der Waals surface area contributed by atoms with Gasteiger partial charge >= 0.3 is 6.03 Å². The number of hydrogen-bond acceptors (Lipinski definition) is 3. The Balaban J connectivity index is 1.74. The summed E-state index contributed by atoms with van der Waals surface area (Å²) in [5.41, 5.74) is 1.29. The maximum Gasteiger partial charge on any atom is 0.317 e. The molecule has 0 unspecified atom stereocenters. The lowest BCUT2D eigenvalue weighted by atomic mass is 10.2. The van der Waals surface area contributed by atoms with Crippen LogP contribution < -0.4 is 10.6 Å². The zero-order chi connectivity index (χ0) is 12.8. The van der Waals surface area contributed by atoms with E-state index >= 15 is 0 Å². The third kappa shape index (κ3) is 3.65. The number of carbonyl (C=O) groups is 1. The molecule has 0 bridgehead atoms. The molecule has 98 valence electrons. The second kappa shape index (κ2) is 6.66. The van der Waals surface area contributed by atoms with Crippen LogP contribution in [0.5, 0.6) is 0 Å². The molecular formula is C13H19N3OS. The quantitative estimate of drug-likeness (QED) is 0.767. The van der Waals surface area contributed by atoms with E-state index in [1.54, 1.807) is 11.8 Å². The number of nitrogens with zero attached hydrogens (tertiary/aromatic N) is 1. The zero-order valence-electron chi connectivity index (χ0n) is 10.6. The lowest BCUT2D eigenvalue weighted by Gasteiger charge is -2.13. The van der Waals surface area contributed by atoms with Crippen LogP contribution in [0.3, 0.4) is 0 Å². The molecule has 2 N–H and O–H groups in total. The van der Waals surface area contributed by atoms with Crippen LogP contribution in [-0.2, 0) is 6.54 Å². The average Bonchev–Trinajstić information content (AvgIpc) is 2.78. The Morgan fingerprint density at radius 1 is 1.39 bits per heavy atom. The largest absolute Gasteiger partial charge is 0.336 e. The molecule has 0 radical (unpaired) electrons. The van der Waals surface area contributed by atoms with Crippen LogP contribution in [0, 0.1) is 0 Å². The van der Waals surface area contributed by atoms with E-state index in [1.165, 1.54) is 10.5 Å². The minimum atomic E-state index is 0.0694. The van der Waals surface area contributed by atoms with Crippen molar-refractivity contribution >= 4 is 17.8 Å². The Morgan fingerprint density at radius 2 is 2.17 bits per heavy atom. The van der Waals surface area contributed by atoms with E-state index in [1.807, 2.05) is 11.9 Å². The number of nitrogens with one attached hydrogen (secondary N) is 2. The molecule has 0 aromatic heterocycles. The van der Waals surface area contributed by atoms with Gasteiger partial charge in [0.2, 0.25) is 0 Å². The van der Waals surface area contributed by atoms with Gasteiger partial charge in [0.1, 0.15) is 0 Å². The second-order valence-electron chi connectivity index (χ2n) is 4.24. The Hall–Kier alpha value is -1.20. The maximum atomic E-state index is 11.3. The molecule has 1 aromatic rings. The van der Waals surface area contributed by atoms with Gasteiger partial charge in [0, 0.05) is 36.8 Å². The lowest BCUT2D eigenvalue weighted by molar-refractivity contribution is 0.220. The number of thioether (sulfide) groups is 1. The molecule has 0 atom stereocenters. The first-order chi connectivity index (χ1) is 8.79. The van der Waals surface area contributed by atoms with Crippen LogP contribution >= 0.6 is 11.8 Å². The number of urea groups is 1. The van der Waals surface area contributed by atoms with Gasteiger partial charge in [-0.05, 0) is 24.7 Å². The predicted molar refractivity (Wildman–Crippen MR) is 74.9 cm³/mol. The fourth-order valence-electron chi connectivity index (χ4n) is 1.91. The lowest BCUT2D eigenvalue weighted by Crippen LogP contribution is -2.30. The summed E-state index contributed by atoms with van der Waals surface area (Å²) in [4.78, 5) is 14.5. The molecule has 1 saturated heterocycles. The van der Waals surface area contributed by atoms with Gasteiger partial charge in [-0.25, -0.2) is 4.79 Å². The minimum Gasteiger partial charge on any atom is -0.336 e. The van der Waals surface area contributed by atoms with E-state index in [0.717, 1.165) is 31.9 Å². The SMILES string of the molecule is CNCc1ccc(SCCN2CCNC2=O)cc1. The third-order valence-electron chi connectivity index (χ3n) is 2.88. The highest BCUT2D eigenvalue weighted by Gasteiger charge is 2.18. The van der Waals surface area contributed by atoms with Crippen LogP contribution in [0.1, 0.15) is 5.56 Å². The molecule has 18 heavy (non-hydrogen) atoms. The molecular weight excluding hydrogens is 246 g/mol. The summed E-state index contributed by atoms with van der Waals surface area (Å²) in [6.45, 7) is 3.33. The fourth-order valence-corrected chi connectivity index (χ4v) is 2.78. The molecule has 2 amide bonds. The van der Waals surface area contributed by atoms with Crippen molar-refractivity contribution in [1.82, 2.24) is 15.5 Å².